The van der Waals surface area contributed by atoms with Crippen LogP contribution in [-0.2, 0) is 11.0 Å². The van der Waals surface area contributed by atoms with E-state index in [1.807, 2.05) is 13.8 Å². The first-order chi connectivity index (χ1) is 9.60. The maximum Gasteiger partial charge on any atom is 0.422 e. The van der Waals surface area contributed by atoms with Gasteiger partial charge in [-0.15, -0.1) is 11.3 Å². The molecule has 0 saturated heterocycles. The number of alkyl halides is 3. The molecule has 8 heteroatoms. The topological polar surface area (TPSA) is 52.3 Å². The van der Waals surface area contributed by atoms with Gasteiger partial charge in [-0.2, -0.15) is 13.2 Å². The van der Waals surface area contributed by atoms with Crippen molar-refractivity contribution in [1.29, 1.82) is 0 Å². The van der Waals surface area contributed by atoms with Crippen LogP contribution in [0.25, 0.3) is 0 Å². The van der Waals surface area contributed by atoms with Crippen LogP contribution in [0.1, 0.15) is 38.0 Å². The Kier molecular flexibility index (Phi) is 6.68. The standard InChI is InChI=1S/C13H20F3NO2S2/c1-8(2)10(6-9(3)21(17)18)11-4-5-12(20-11)19-7-13(14,15)16/h4-5,8-10H,6-7,17H2,1-3H3/t9?,10-,21?/m1/s1. The van der Waals surface area contributed by atoms with Gasteiger partial charge in [0, 0.05) is 10.1 Å². The highest BCUT2D eigenvalue weighted by Gasteiger charge is 2.29. The van der Waals surface area contributed by atoms with Gasteiger partial charge in [-0.1, -0.05) is 13.8 Å². The highest BCUT2D eigenvalue weighted by atomic mass is 32.2. The molecule has 0 bridgehead atoms. The Morgan fingerprint density at radius 1 is 1.33 bits per heavy atom. The van der Waals surface area contributed by atoms with Crippen molar-refractivity contribution in [3.8, 4) is 5.06 Å². The summed E-state index contributed by atoms with van der Waals surface area (Å²) in [5, 5.41) is 5.47. The number of hydrogen-bond donors (Lipinski definition) is 1. The summed E-state index contributed by atoms with van der Waals surface area (Å²) in [7, 11) is -1.40. The van der Waals surface area contributed by atoms with E-state index in [-0.39, 0.29) is 22.1 Å². The quantitative estimate of drug-likeness (QED) is 0.818. The van der Waals surface area contributed by atoms with Gasteiger partial charge in [0.25, 0.3) is 0 Å². The summed E-state index contributed by atoms with van der Waals surface area (Å²) in [5.74, 6) is 0.367. The highest BCUT2D eigenvalue weighted by molar-refractivity contribution is 7.83. The third kappa shape index (κ3) is 6.36. The molecule has 1 aromatic heterocycles. The van der Waals surface area contributed by atoms with Crippen LogP contribution >= 0.6 is 11.3 Å². The molecule has 3 nitrogen and oxygen atoms in total. The third-order valence-corrected chi connectivity index (χ3v) is 5.25. The fourth-order valence-corrected chi connectivity index (χ4v) is 3.47. The summed E-state index contributed by atoms with van der Waals surface area (Å²) in [4.78, 5) is 0.930. The van der Waals surface area contributed by atoms with E-state index in [2.05, 4.69) is 0 Å². The zero-order chi connectivity index (χ0) is 16.2. The fraction of sp³-hybridized carbons (Fsp3) is 0.692. The van der Waals surface area contributed by atoms with Gasteiger partial charge in [-0.25, -0.2) is 4.21 Å². The van der Waals surface area contributed by atoms with E-state index in [1.54, 1.807) is 19.1 Å². The van der Waals surface area contributed by atoms with Crippen LogP contribution in [-0.4, -0.2) is 22.2 Å². The first kappa shape index (κ1) is 18.4. The predicted molar refractivity (Wildman–Crippen MR) is 79.9 cm³/mol. The van der Waals surface area contributed by atoms with E-state index in [9.17, 15) is 17.4 Å². The van der Waals surface area contributed by atoms with Gasteiger partial charge in [0.2, 0.25) is 0 Å². The van der Waals surface area contributed by atoms with Crippen molar-refractivity contribution in [2.45, 2.75) is 44.5 Å². The molecule has 2 N–H and O–H groups in total. The first-order valence-electron chi connectivity index (χ1n) is 6.54. The molecule has 0 aromatic carbocycles. The van der Waals surface area contributed by atoms with Crippen LogP contribution in [0, 0.1) is 5.92 Å². The van der Waals surface area contributed by atoms with E-state index >= 15 is 0 Å². The zero-order valence-electron chi connectivity index (χ0n) is 12.1. The van der Waals surface area contributed by atoms with Gasteiger partial charge in [-0.3, -0.25) is 5.14 Å². The van der Waals surface area contributed by atoms with Crippen molar-refractivity contribution in [2.24, 2.45) is 11.1 Å². The molecule has 122 valence electrons. The Bertz CT molecular complexity index is 474. The Labute approximate surface area is 129 Å². The summed E-state index contributed by atoms with van der Waals surface area (Å²) in [6, 6.07) is 3.32. The number of nitrogens with two attached hydrogens (primary N) is 1. The predicted octanol–water partition coefficient (Wildman–Crippen LogP) is 3.83. The molecular weight excluding hydrogens is 323 g/mol. The van der Waals surface area contributed by atoms with Crippen LogP contribution in [0.15, 0.2) is 12.1 Å². The Balaban J connectivity index is 2.76. The van der Waals surface area contributed by atoms with Crippen molar-refractivity contribution in [1.82, 2.24) is 0 Å². The van der Waals surface area contributed by atoms with Crippen molar-refractivity contribution < 1.29 is 22.1 Å². The second-order valence-electron chi connectivity index (χ2n) is 5.29. The van der Waals surface area contributed by atoms with Crippen molar-refractivity contribution in [3.05, 3.63) is 17.0 Å². The largest absolute Gasteiger partial charge is 0.475 e. The number of halogens is 3. The highest BCUT2D eigenvalue weighted by Crippen LogP contribution is 2.37. The monoisotopic (exact) mass is 343 g/mol. The van der Waals surface area contributed by atoms with Gasteiger partial charge in [0.05, 0.1) is 11.0 Å². The van der Waals surface area contributed by atoms with E-state index < -0.39 is 23.8 Å². The Hall–Kier alpha value is -0.600. The number of thiophene rings is 1. The smallest absolute Gasteiger partial charge is 0.422 e. The average Bonchev–Trinajstić information content (AvgIpc) is 2.80. The molecule has 0 aliphatic heterocycles. The summed E-state index contributed by atoms with van der Waals surface area (Å²) >= 11 is 1.20. The minimum absolute atomic E-state index is 0.0979. The second-order valence-corrected chi connectivity index (χ2v) is 7.83. The number of ether oxygens (including phenoxy) is 1. The molecule has 0 spiro atoms. The summed E-state index contributed by atoms with van der Waals surface area (Å²) in [5.41, 5.74) is 0. The van der Waals surface area contributed by atoms with Gasteiger partial charge in [0.15, 0.2) is 11.7 Å². The lowest BCUT2D eigenvalue weighted by molar-refractivity contribution is -0.152. The van der Waals surface area contributed by atoms with Gasteiger partial charge in [0.1, 0.15) is 0 Å². The summed E-state index contributed by atoms with van der Waals surface area (Å²) in [6.45, 7) is 4.56. The molecule has 0 fully saturated rings. The molecule has 1 aromatic rings. The maximum atomic E-state index is 12.1. The minimum atomic E-state index is -4.34. The second kappa shape index (κ2) is 7.60. The SMILES string of the molecule is CC(C)[C@@H](CC(C)S(N)=O)c1ccc(OCC(F)(F)F)s1. The van der Waals surface area contributed by atoms with Crippen molar-refractivity contribution in [3.63, 3.8) is 0 Å². The number of hydrogen-bond acceptors (Lipinski definition) is 3. The Morgan fingerprint density at radius 2 is 1.95 bits per heavy atom. The van der Waals surface area contributed by atoms with E-state index in [1.165, 1.54) is 11.3 Å². The normalized spacial score (nSPS) is 16.8. The van der Waals surface area contributed by atoms with E-state index in [0.717, 1.165) is 4.88 Å². The molecule has 3 atom stereocenters. The molecule has 1 rings (SSSR count). The lowest BCUT2D eigenvalue weighted by Gasteiger charge is -2.22. The van der Waals surface area contributed by atoms with Crippen LogP contribution in [0.4, 0.5) is 13.2 Å². The molecule has 0 amide bonds. The summed E-state index contributed by atoms with van der Waals surface area (Å²) < 4.78 is 52.4. The van der Waals surface area contributed by atoms with E-state index in [0.29, 0.717) is 6.42 Å². The van der Waals surface area contributed by atoms with Crippen LogP contribution in [0.2, 0.25) is 0 Å². The van der Waals surface area contributed by atoms with Crippen LogP contribution in [0.3, 0.4) is 0 Å². The van der Waals surface area contributed by atoms with Crippen molar-refractivity contribution >= 4 is 22.3 Å². The fourth-order valence-electron chi connectivity index (χ4n) is 1.93. The summed E-state index contributed by atoms with van der Waals surface area (Å²) in [6.07, 6.45) is -3.72. The first-order valence-corrected chi connectivity index (χ1v) is 8.63. The van der Waals surface area contributed by atoms with Gasteiger partial charge in [-0.05, 0) is 37.3 Å². The lowest BCUT2D eigenvalue weighted by Crippen LogP contribution is -2.22. The average molecular weight is 343 g/mol. The maximum absolute atomic E-state index is 12.1. The molecule has 2 unspecified atom stereocenters. The number of rotatable bonds is 7. The van der Waals surface area contributed by atoms with E-state index in [4.69, 9.17) is 9.88 Å². The van der Waals surface area contributed by atoms with Crippen LogP contribution < -0.4 is 9.88 Å². The third-order valence-electron chi connectivity index (χ3n) is 3.13. The zero-order valence-corrected chi connectivity index (χ0v) is 13.8. The molecule has 0 saturated carbocycles. The Morgan fingerprint density at radius 3 is 2.43 bits per heavy atom. The molecule has 0 radical (unpaired) electrons. The molecule has 1 heterocycles. The molecule has 0 aliphatic rings. The molecular formula is C13H20F3NO2S2. The lowest BCUT2D eigenvalue weighted by atomic mass is 9.90. The van der Waals surface area contributed by atoms with Crippen LogP contribution in [0.5, 0.6) is 5.06 Å². The molecule has 0 aliphatic carbocycles. The van der Waals surface area contributed by atoms with Gasteiger partial charge < -0.3 is 4.74 Å². The molecule has 21 heavy (non-hydrogen) atoms. The van der Waals surface area contributed by atoms with Crippen molar-refractivity contribution in [2.75, 3.05) is 6.61 Å². The minimum Gasteiger partial charge on any atom is -0.475 e. The van der Waals surface area contributed by atoms with Gasteiger partial charge >= 0.3 is 6.18 Å².